The maximum Gasteiger partial charge on any atom is 0.320 e. The Labute approximate surface area is 298 Å². The van der Waals surface area contributed by atoms with Crippen LogP contribution in [0.4, 0.5) is 0 Å². The van der Waals surface area contributed by atoms with Gasteiger partial charge in [0.1, 0.15) is 18.6 Å². The number of guanidine groups is 4. The van der Waals surface area contributed by atoms with E-state index in [1.807, 2.05) is 0 Å². The van der Waals surface area contributed by atoms with E-state index in [4.69, 9.17) is 59.9 Å². The minimum Gasteiger partial charge on any atom is -0.480 e. The highest BCUT2D eigenvalue weighted by molar-refractivity contribution is 6.03. The number of rotatable bonds is 12. The first-order valence-electron chi connectivity index (χ1n) is 15.3. The molecule has 24 heteroatoms. The third kappa shape index (κ3) is 40.8. The number of hydrogen-bond donors (Lipinski definition) is 16. The molecule has 3 amide bonds. The highest BCUT2D eigenvalue weighted by Gasteiger charge is 2.19. The van der Waals surface area contributed by atoms with Crippen LogP contribution in [0.1, 0.15) is 32.6 Å². The number of carboxylic acids is 2. The molecule has 2 fully saturated rings. The maximum atomic E-state index is 10.4. The molecule has 2 atom stereocenters. The lowest BCUT2D eigenvalue weighted by Gasteiger charge is -2.21. The summed E-state index contributed by atoms with van der Waals surface area (Å²) in [5.74, 6) is -2.38. The molecular formula is C27H61N16O8+. The molecule has 2 heterocycles. The standard InChI is InChI=1S/2C6H14N4O2.C5H14NO.2C4H7N3O.C2H5NO/c2*7-4(5(11)12)2-1-3-10-6(8)9;1-6(2,3)4-5-7;2*1-7-2-3(8)6-4(7)5;1-2(3)4/h2*4H,1-3,7H2,(H,11,12)(H4,8,9,10);7H,4-5H2,1-3H3;2*2H2,1H3,(H2,5,6,8);1H3,(H2,3,4)/q;;+1;;;. The van der Waals surface area contributed by atoms with Crippen LogP contribution >= 0.6 is 0 Å². The Kier molecular flexibility index (Phi) is 30.4. The van der Waals surface area contributed by atoms with Gasteiger partial charge in [-0.15, -0.1) is 0 Å². The number of aliphatic hydroxyl groups is 1. The van der Waals surface area contributed by atoms with Crippen LogP contribution in [0.3, 0.4) is 0 Å². The molecule has 296 valence electrons. The molecule has 0 bridgehead atoms. The molecule has 0 aromatic rings. The average molecular weight is 738 g/mol. The molecule has 2 saturated heterocycles. The number of nitrogens with two attached hydrogens (primary N) is 5. The molecule has 0 aliphatic carbocycles. The molecule has 2 rings (SSSR count). The van der Waals surface area contributed by atoms with E-state index in [-0.39, 0.29) is 48.2 Å². The fourth-order valence-corrected chi connectivity index (χ4v) is 2.76. The van der Waals surface area contributed by atoms with Crippen molar-refractivity contribution in [1.82, 2.24) is 31.1 Å². The number of nitrogens with one attached hydrogen (secondary N) is 8. The molecule has 0 radical (unpaired) electrons. The van der Waals surface area contributed by atoms with Crippen molar-refractivity contribution in [3.05, 3.63) is 0 Å². The van der Waals surface area contributed by atoms with Crippen LogP contribution in [0.2, 0.25) is 0 Å². The Morgan fingerprint density at radius 2 is 1.10 bits per heavy atom. The Hall–Kier alpha value is -5.33. The van der Waals surface area contributed by atoms with Gasteiger partial charge in [0.05, 0.1) is 40.8 Å². The molecule has 21 N–H and O–H groups in total. The van der Waals surface area contributed by atoms with E-state index in [0.29, 0.717) is 51.9 Å². The summed E-state index contributed by atoms with van der Waals surface area (Å²) in [5.41, 5.74) is 24.9. The number of nitrogens with zero attached hydrogens (tertiary/aromatic N) is 3. The summed E-state index contributed by atoms with van der Waals surface area (Å²) < 4.78 is 0.844. The van der Waals surface area contributed by atoms with Crippen molar-refractivity contribution in [3.8, 4) is 0 Å². The Morgan fingerprint density at radius 3 is 1.22 bits per heavy atom. The van der Waals surface area contributed by atoms with Gasteiger partial charge in [-0.2, -0.15) is 0 Å². The largest absolute Gasteiger partial charge is 0.480 e. The van der Waals surface area contributed by atoms with Gasteiger partial charge in [-0.05, 0) is 25.7 Å². The SMILES string of the molecule is CC(N)=O.CN1CC(=O)NC1=N.CN1CC(=O)NC1=N.C[N+](C)(C)CCO.N=C(N)NCCCC(N)C(=O)O.N=C(N)NCCCC(N)C(=O)O. The number of amides is 3. The van der Waals surface area contributed by atoms with Crippen molar-refractivity contribution >= 4 is 53.5 Å². The van der Waals surface area contributed by atoms with Crippen LogP contribution in [-0.4, -0.2) is 170 Å². The van der Waals surface area contributed by atoms with E-state index in [2.05, 4.69) is 48.1 Å². The van der Waals surface area contributed by atoms with Crippen LogP contribution in [0.25, 0.3) is 0 Å². The summed E-state index contributed by atoms with van der Waals surface area (Å²) in [6.07, 6.45) is 1.95. The van der Waals surface area contributed by atoms with Crippen molar-refractivity contribution in [3.63, 3.8) is 0 Å². The minimum atomic E-state index is -1.00. The van der Waals surface area contributed by atoms with Crippen molar-refractivity contribution in [2.45, 2.75) is 44.7 Å². The lowest BCUT2D eigenvalue weighted by Crippen LogP contribution is -2.36. The number of primary amides is 1. The fraction of sp³-hybridized carbons (Fsp3) is 0.667. The first kappa shape index (κ1) is 52.5. The van der Waals surface area contributed by atoms with Crippen LogP contribution in [0, 0.1) is 21.6 Å². The van der Waals surface area contributed by atoms with Gasteiger partial charge < -0.3 is 68.9 Å². The molecule has 0 aromatic carbocycles. The molecule has 24 nitrogen and oxygen atoms in total. The number of carbonyl (C=O) groups is 5. The van der Waals surface area contributed by atoms with Gasteiger partial charge in [0.15, 0.2) is 23.8 Å². The highest BCUT2D eigenvalue weighted by Crippen LogP contribution is 1.93. The zero-order valence-electron chi connectivity index (χ0n) is 30.3. The topological polar surface area (TPSA) is 426 Å². The summed E-state index contributed by atoms with van der Waals surface area (Å²) >= 11 is 0. The normalized spacial score (nSPS) is 13.9. The van der Waals surface area contributed by atoms with Crippen molar-refractivity contribution in [2.24, 2.45) is 28.7 Å². The lowest BCUT2D eigenvalue weighted by atomic mass is 10.2. The van der Waals surface area contributed by atoms with E-state index < -0.39 is 24.0 Å². The number of aliphatic hydroxyl groups excluding tert-OH is 1. The van der Waals surface area contributed by atoms with E-state index in [0.717, 1.165) is 11.0 Å². The average Bonchev–Trinajstić information content (AvgIpc) is 3.43. The van der Waals surface area contributed by atoms with Crippen LogP contribution in [0.5, 0.6) is 0 Å². The number of aliphatic carboxylic acids is 2. The van der Waals surface area contributed by atoms with Crippen LogP contribution in [0.15, 0.2) is 0 Å². The third-order valence-electron chi connectivity index (χ3n) is 5.46. The molecule has 2 unspecified atom stereocenters. The van der Waals surface area contributed by atoms with Crippen molar-refractivity contribution in [2.75, 3.05) is 74.6 Å². The van der Waals surface area contributed by atoms with E-state index in [1.54, 1.807) is 23.9 Å². The monoisotopic (exact) mass is 737 g/mol. The molecule has 0 saturated carbocycles. The third-order valence-corrected chi connectivity index (χ3v) is 5.46. The molecule has 2 aliphatic rings. The molecule has 0 aromatic heterocycles. The van der Waals surface area contributed by atoms with E-state index in [9.17, 15) is 24.0 Å². The minimum absolute atomic E-state index is 0.0995. The zero-order valence-corrected chi connectivity index (χ0v) is 30.3. The lowest BCUT2D eigenvalue weighted by molar-refractivity contribution is -0.870. The number of likely N-dealkylation sites (N-methyl/N-ethyl adjacent to an activating group) is 3. The van der Waals surface area contributed by atoms with Crippen LogP contribution in [-0.2, 0) is 24.0 Å². The second kappa shape index (κ2) is 29.6. The van der Waals surface area contributed by atoms with Crippen molar-refractivity contribution < 1.29 is 43.8 Å². The number of carboxylic acid groups (broad SMARTS) is 2. The summed E-state index contributed by atoms with van der Waals surface area (Å²) in [7, 11) is 9.54. The number of carbonyl (C=O) groups excluding carboxylic acids is 3. The summed E-state index contributed by atoms with van der Waals surface area (Å²) in [6, 6.07) is -1.64. The quantitative estimate of drug-likeness (QED) is 0.0384. The van der Waals surface area contributed by atoms with E-state index >= 15 is 0 Å². The highest BCUT2D eigenvalue weighted by atomic mass is 16.4. The predicted octanol–water partition coefficient (Wildman–Crippen LogP) is -5.53. The van der Waals surface area contributed by atoms with Crippen LogP contribution < -0.4 is 49.9 Å². The Bertz CT molecular complexity index is 1060. The number of quaternary nitrogens is 1. The second-order valence-electron chi connectivity index (χ2n) is 11.7. The summed E-state index contributed by atoms with van der Waals surface area (Å²) in [4.78, 5) is 53.5. The molecule has 0 spiro atoms. The van der Waals surface area contributed by atoms with Gasteiger partial charge in [-0.3, -0.25) is 56.2 Å². The van der Waals surface area contributed by atoms with Gasteiger partial charge in [-0.1, -0.05) is 0 Å². The van der Waals surface area contributed by atoms with Gasteiger partial charge in [0.2, 0.25) is 17.7 Å². The number of hydrogen-bond acceptors (Lipinski definition) is 12. The first-order valence-corrected chi connectivity index (χ1v) is 15.3. The Balaban J connectivity index is -0.000000267. The van der Waals surface area contributed by atoms with Gasteiger partial charge in [0, 0.05) is 34.1 Å². The predicted molar refractivity (Wildman–Crippen MR) is 191 cm³/mol. The summed E-state index contributed by atoms with van der Waals surface area (Å²) in [6.45, 7) is 4.02. The van der Waals surface area contributed by atoms with Gasteiger partial charge >= 0.3 is 11.9 Å². The van der Waals surface area contributed by atoms with Gasteiger partial charge in [0.25, 0.3) is 0 Å². The Morgan fingerprint density at radius 1 is 0.804 bits per heavy atom. The molecule has 51 heavy (non-hydrogen) atoms. The maximum absolute atomic E-state index is 10.4. The summed E-state index contributed by atoms with van der Waals surface area (Å²) in [5, 5.41) is 62.4. The van der Waals surface area contributed by atoms with Gasteiger partial charge in [-0.25, -0.2) is 0 Å². The zero-order chi connectivity index (χ0) is 40.9. The van der Waals surface area contributed by atoms with Crippen molar-refractivity contribution in [1.29, 1.82) is 21.6 Å². The first-order chi connectivity index (χ1) is 23.3. The molecule has 2 aliphatic heterocycles. The fourth-order valence-electron chi connectivity index (χ4n) is 2.76. The van der Waals surface area contributed by atoms with E-state index in [1.165, 1.54) is 6.92 Å². The second-order valence-corrected chi connectivity index (χ2v) is 11.7. The molecular weight excluding hydrogens is 676 g/mol. The smallest absolute Gasteiger partial charge is 0.320 e.